The first-order valence-corrected chi connectivity index (χ1v) is 5.48. The van der Waals surface area contributed by atoms with Gasteiger partial charge in [-0.2, -0.15) is 5.10 Å². The quantitative estimate of drug-likeness (QED) is 0.720. The van der Waals surface area contributed by atoms with Crippen molar-refractivity contribution in [3.8, 4) is 0 Å². The molecule has 0 spiro atoms. The Morgan fingerprint density at radius 1 is 1.40 bits per heavy atom. The SMILES string of the molecule is Cn1nc2cccc(N)c2c1C1CCC1. The van der Waals surface area contributed by atoms with Gasteiger partial charge in [-0.1, -0.05) is 12.5 Å². The number of nitrogens with zero attached hydrogens (tertiary/aromatic N) is 2. The van der Waals surface area contributed by atoms with Crippen LogP contribution in [0.5, 0.6) is 0 Å². The summed E-state index contributed by atoms with van der Waals surface area (Å²) in [6.07, 6.45) is 3.90. The van der Waals surface area contributed by atoms with Gasteiger partial charge < -0.3 is 5.73 Å². The number of benzene rings is 1. The van der Waals surface area contributed by atoms with Crippen LogP contribution < -0.4 is 5.73 Å². The fourth-order valence-corrected chi connectivity index (χ4v) is 2.45. The summed E-state index contributed by atoms with van der Waals surface area (Å²) in [6, 6.07) is 5.97. The van der Waals surface area contributed by atoms with E-state index in [9.17, 15) is 0 Å². The lowest BCUT2D eigenvalue weighted by atomic mass is 9.81. The third kappa shape index (κ3) is 1.16. The maximum atomic E-state index is 6.03. The van der Waals surface area contributed by atoms with E-state index in [1.54, 1.807) is 0 Å². The van der Waals surface area contributed by atoms with Gasteiger partial charge in [-0.3, -0.25) is 4.68 Å². The van der Waals surface area contributed by atoms with Crippen LogP contribution in [-0.4, -0.2) is 9.78 Å². The molecule has 0 amide bonds. The maximum absolute atomic E-state index is 6.03. The Hall–Kier alpha value is -1.51. The largest absolute Gasteiger partial charge is 0.398 e. The summed E-state index contributed by atoms with van der Waals surface area (Å²) in [5, 5.41) is 5.68. The van der Waals surface area contributed by atoms with Crippen molar-refractivity contribution in [2.75, 3.05) is 5.73 Å². The molecule has 3 nitrogen and oxygen atoms in total. The van der Waals surface area contributed by atoms with Crippen molar-refractivity contribution in [3.05, 3.63) is 23.9 Å². The molecule has 0 unspecified atom stereocenters. The molecule has 3 heteroatoms. The molecule has 1 fully saturated rings. The second-order valence-electron chi connectivity index (χ2n) is 4.38. The Bertz CT molecular complexity index is 509. The summed E-state index contributed by atoms with van der Waals surface area (Å²) in [5.41, 5.74) is 9.25. The van der Waals surface area contributed by atoms with Crippen LogP contribution in [0.25, 0.3) is 10.9 Å². The van der Waals surface area contributed by atoms with E-state index < -0.39 is 0 Å². The van der Waals surface area contributed by atoms with E-state index in [1.807, 2.05) is 29.9 Å². The predicted octanol–water partition coefficient (Wildman–Crippen LogP) is 2.42. The number of rotatable bonds is 1. The molecule has 1 aliphatic rings. The minimum Gasteiger partial charge on any atom is -0.398 e. The van der Waals surface area contributed by atoms with Crippen molar-refractivity contribution in [2.45, 2.75) is 25.2 Å². The van der Waals surface area contributed by atoms with Crippen molar-refractivity contribution >= 4 is 16.6 Å². The molecule has 3 rings (SSSR count). The van der Waals surface area contributed by atoms with E-state index in [4.69, 9.17) is 5.73 Å². The summed E-state index contributed by atoms with van der Waals surface area (Å²) in [4.78, 5) is 0. The van der Waals surface area contributed by atoms with Gasteiger partial charge in [0.05, 0.1) is 11.2 Å². The Morgan fingerprint density at radius 3 is 2.87 bits per heavy atom. The Morgan fingerprint density at radius 2 is 2.20 bits per heavy atom. The van der Waals surface area contributed by atoms with Crippen LogP contribution in [0.2, 0.25) is 0 Å². The standard InChI is InChI=1S/C12H15N3/c1-15-12(8-4-2-5-8)11-9(13)6-3-7-10(11)14-15/h3,6-8H,2,4-5,13H2,1H3. The van der Waals surface area contributed by atoms with Gasteiger partial charge in [-0.05, 0) is 25.0 Å². The second kappa shape index (κ2) is 2.99. The van der Waals surface area contributed by atoms with Crippen LogP contribution in [0.4, 0.5) is 5.69 Å². The molecule has 15 heavy (non-hydrogen) atoms. The molecule has 0 saturated heterocycles. The van der Waals surface area contributed by atoms with Crippen LogP contribution in [0.1, 0.15) is 30.9 Å². The molecule has 0 radical (unpaired) electrons. The molecule has 78 valence electrons. The smallest absolute Gasteiger partial charge is 0.0947 e. The molecule has 2 N–H and O–H groups in total. The number of hydrogen-bond donors (Lipinski definition) is 1. The van der Waals surface area contributed by atoms with Crippen molar-refractivity contribution in [1.29, 1.82) is 0 Å². The molecular formula is C12H15N3. The molecule has 0 bridgehead atoms. The minimum absolute atomic E-state index is 0.671. The summed E-state index contributed by atoms with van der Waals surface area (Å²) in [7, 11) is 2.02. The number of aromatic nitrogens is 2. The molecule has 2 aromatic rings. The fourth-order valence-electron chi connectivity index (χ4n) is 2.45. The van der Waals surface area contributed by atoms with Crippen molar-refractivity contribution in [1.82, 2.24) is 9.78 Å². The molecule has 1 heterocycles. The van der Waals surface area contributed by atoms with Crippen LogP contribution >= 0.6 is 0 Å². The molecule has 1 saturated carbocycles. The third-order valence-corrected chi connectivity index (χ3v) is 3.43. The van der Waals surface area contributed by atoms with Crippen LogP contribution in [0.15, 0.2) is 18.2 Å². The summed E-state index contributed by atoms with van der Waals surface area (Å²) >= 11 is 0. The fraction of sp³-hybridized carbons (Fsp3) is 0.417. The van der Waals surface area contributed by atoms with Crippen LogP contribution in [-0.2, 0) is 7.05 Å². The zero-order valence-electron chi connectivity index (χ0n) is 8.90. The number of aryl methyl sites for hydroxylation is 1. The first kappa shape index (κ1) is 8.77. The summed E-state index contributed by atoms with van der Waals surface area (Å²) in [5.74, 6) is 0.671. The second-order valence-corrected chi connectivity index (χ2v) is 4.38. The number of anilines is 1. The average molecular weight is 201 g/mol. The first-order chi connectivity index (χ1) is 7.27. The summed E-state index contributed by atoms with van der Waals surface area (Å²) < 4.78 is 2.00. The number of fused-ring (bicyclic) bond motifs is 1. The first-order valence-electron chi connectivity index (χ1n) is 5.48. The van der Waals surface area contributed by atoms with Crippen molar-refractivity contribution in [3.63, 3.8) is 0 Å². The highest BCUT2D eigenvalue weighted by molar-refractivity contribution is 5.93. The van der Waals surface area contributed by atoms with Crippen molar-refractivity contribution < 1.29 is 0 Å². The van der Waals surface area contributed by atoms with Gasteiger partial charge in [-0.25, -0.2) is 0 Å². The van der Waals surface area contributed by atoms with Gasteiger partial charge in [0.25, 0.3) is 0 Å². The predicted molar refractivity (Wildman–Crippen MR) is 61.7 cm³/mol. The lowest BCUT2D eigenvalue weighted by molar-refractivity contribution is 0.399. The molecule has 1 aromatic carbocycles. The maximum Gasteiger partial charge on any atom is 0.0947 e. The Labute approximate surface area is 88.9 Å². The van der Waals surface area contributed by atoms with E-state index in [1.165, 1.54) is 30.3 Å². The van der Waals surface area contributed by atoms with Crippen LogP contribution in [0, 0.1) is 0 Å². The highest BCUT2D eigenvalue weighted by atomic mass is 15.3. The van der Waals surface area contributed by atoms with E-state index in [0.717, 1.165) is 11.2 Å². The molecule has 1 aromatic heterocycles. The van der Waals surface area contributed by atoms with E-state index in [-0.39, 0.29) is 0 Å². The molecule has 0 atom stereocenters. The Balaban J connectivity index is 2.30. The monoisotopic (exact) mass is 201 g/mol. The zero-order chi connectivity index (χ0) is 10.4. The van der Waals surface area contributed by atoms with Gasteiger partial charge in [0.2, 0.25) is 0 Å². The highest BCUT2D eigenvalue weighted by Crippen LogP contribution is 2.40. The summed E-state index contributed by atoms with van der Waals surface area (Å²) in [6.45, 7) is 0. The topological polar surface area (TPSA) is 43.8 Å². The van der Waals surface area contributed by atoms with E-state index in [0.29, 0.717) is 5.92 Å². The number of nitrogens with two attached hydrogens (primary N) is 1. The molecule has 0 aliphatic heterocycles. The van der Waals surface area contributed by atoms with Crippen molar-refractivity contribution in [2.24, 2.45) is 7.05 Å². The van der Waals surface area contributed by atoms with Crippen LogP contribution in [0.3, 0.4) is 0 Å². The number of hydrogen-bond acceptors (Lipinski definition) is 2. The third-order valence-electron chi connectivity index (χ3n) is 3.43. The number of nitrogen functional groups attached to an aromatic ring is 1. The average Bonchev–Trinajstić information content (AvgIpc) is 2.42. The van der Waals surface area contributed by atoms with Gasteiger partial charge in [0.15, 0.2) is 0 Å². The highest BCUT2D eigenvalue weighted by Gasteiger charge is 2.25. The van der Waals surface area contributed by atoms with Gasteiger partial charge >= 0.3 is 0 Å². The van der Waals surface area contributed by atoms with E-state index >= 15 is 0 Å². The zero-order valence-corrected chi connectivity index (χ0v) is 8.90. The lowest BCUT2D eigenvalue weighted by Crippen LogP contribution is -2.13. The lowest BCUT2D eigenvalue weighted by Gasteiger charge is -2.26. The normalized spacial score (nSPS) is 16.9. The minimum atomic E-state index is 0.671. The van der Waals surface area contributed by atoms with Gasteiger partial charge in [0.1, 0.15) is 0 Å². The molecular weight excluding hydrogens is 186 g/mol. The van der Waals surface area contributed by atoms with Gasteiger partial charge in [0, 0.05) is 24.0 Å². The van der Waals surface area contributed by atoms with Gasteiger partial charge in [-0.15, -0.1) is 0 Å². The van der Waals surface area contributed by atoms with E-state index in [2.05, 4.69) is 5.10 Å². The molecule has 1 aliphatic carbocycles. The Kier molecular flexibility index (Phi) is 1.75.